The van der Waals surface area contributed by atoms with Crippen LogP contribution in [-0.4, -0.2) is 18.2 Å². The molecule has 0 spiro atoms. The van der Waals surface area contributed by atoms with E-state index in [4.69, 9.17) is 16.3 Å². The second-order valence-corrected chi connectivity index (χ2v) is 4.59. The maximum atomic E-state index is 14.1. The van der Waals surface area contributed by atoms with Crippen LogP contribution in [-0.2, 0) is 10.2 Å². The number of rotatable bonds is 3. The van der Waals surface area contributed by atoms with Crippen LogP contribution < -0.4 is 4.74 Å². The van der Waals surface area contributed by atoms with E-state index in [2.05, 4.69) is 0 Å². The van der Waals surface area contributed by atoms with E-state index in [1.807, 2.05) is 0 Å². The molecule has 0 aliphatic heterocycles. The Labute approximate surface area is 103 Å². The Morgan fingerprint density at radius 2 is 2.18 bits per heavy atom. The molecule has 1 saturated carbocycles. The second-order valence-electron chi connectivity index (χ2n) is 4.18. The zero-order valence-corrected chi connectivity index (χ0v) is 10.1. The summed E-state index contributed by atoms with van der Waals surface area (Å²) in [6, 6.07) is 2.87. The van der Waals surface area contributed by atoms with Gasteiger partial charge in [0, 0.05) is 10.6 Å². The zero-order valence-electron chi connectivity index (χ0n) is 9.30. The van der Waals surface area contributed by atoms with E-state index in [0.717, 1.165) is 6.42 Å². The maximum Gasteiger partial charge on any atom is 0.314 e. The summed E-state index contributed by atoms with van der Waals surface area (Å²) in [5.74, 6) is -1.67. The van der Waals surface area contributed by atoms with Gasteiger partial charge in [0.2, 0.25) is 0 Å². The fraction of sp³-hybridized carbons (Fsp3) is 0.417. The Balaban J connectivity index is 2.61. The minimum atomic E-state index is -1.18. The Morgan fingerprint density at radius 1 is 1.53 bits per heavy atom. The molecule has 0 aromatic heterocycles. The van der Waals surface area contributed by atoms with E-state index in [-0.39, 0.29) is 16.3 Å². The van der Waals surface area contributed by atoms with Crippen LogP contribution in [0.1, 0.15) is 24.8 Å². The van der Waals surface area contributed by atoms with Gasteiger partial charge in [-0.25, -0.2) is 4.39 Å². The lowest BCUT2D eigenvalue weighted by molar-refractivity contribution is -0.147. The third kappa shape index (κ3) is 1.67. The number of benzene rings is 1. The van der Waals surface area contributed by atoms with Gasteiger partial charge in [-0.2, -0.15) is 0 Å². The summed E-state index contributed by atoms with van der Waals surface area (Å²) in [6.45, 7) is 0. The number of carboxylic acid groups (broad SMARTS) is 1. The van der Waals surface area contributed by atoms with Crippen molar-refractivity contribution >= 4 is 17.6 Å². The lowest BCUT2D eigenvalue weighted by atomic mass is 9.64. The Bertz CT molecular complexity index is 469. The molecule has 0 radical (unpaired) electrons. The standard InChI is InChI=1S/C12H12ClFO3/c1-17-8-4-3-7(13)9(10(8)14)12(11(15)16)5-2-6-12/h3-4H,2,5-6H2,1H3,(H,15,16). The number of carbonyl (C=O) groups is 1. The van der Waals surface area contributed by atoms with Crippen molar-refractivity contribution in [3.05, 3.63) is 28.5 Å². The van der Waals surface area contributed by atoms with Crippen molar-refractivity contribution in [1.82, 2.24) is 0 Å². The summed E-state index contributed by atoms with van der Waals surface area (Å²) >= 11 is 5.94. The van der Waals surface area contributed by atoms with Gasteiger partial charge in [-0.3, -0.25) is 4.79 Å². The first-order valence-corrected chi connectivity index (χ1v) is 5.66. The molecule has 2 rings (SSSR count). The molecule has 0 amide bonds. The molecule has 0 atom stereocenters. The Kier molecular flexibility index (Phi) is 3.00. The maximum absolute atomic E-state index is 14.1. The van der Waals surface area contributed by atoms with Gasteiger partial charge in [0.25, 0.3) is 0 Å². The molecule has 5 heteroatoms. The van der Waals surface area contributed by atoms with Crippen molar-refractivity contribution < 1.29 is 19.0 Å². The molecule has 1 aromatic carbocycles. The molecule has 0 heterocycles. The summed E-state index contributed by atoms with van der Waals surface area (Å²) in [5, 5.41) is 9.43. The first kappa shape index (κ1) is 12.2. The van der Waals surface area contributed by atoms with Crippen LogP contribution in [0.15, 0.2) is 12.1 Å². The highest BCUT2D eigenvalue weighted by Gasteiger charge is 2.49. The summed E-state index contributed by atoms with van der Waals surface area (Å²) in [5.41, 5.74) is -1.13. The molecule has 1 fully saturated rings. The summed E-state index contributed by atoms with van der Waals surface area (Å²) < 4.78 is 19.0. The lowest BCUT2D eigenvalue weighted by Gasteiger charge is -2.38. The highest BCUT2D eigenvalue weighted by Crippen LogP contribution is 2.48. The Hall–Kier alpha value is -1.29. The van der Waals surface area contributed by atoms with Crippen molar-refractivity contribution in [2.24, 2.45) is 0 Å². The summed E-state index contributed by atoms with van der Waals surface area (Å²) in [6.07, 6.45) is 1.58. The number of hydrogen-bond donors (Lipinski definition) is 1. The number of methoxy groups -OCH3 is 1. The number of aliphatic carboxylic acids is 1. The second kappa shape index (κ2) is 4.18. The van der Waals surface area contributed by atoms with Crippen LogP contribution in [0.2, 0.25) is 5.02 Å². The highest BCUT2D eigenvalue weighted by molar-refractivity contribution is 6.31. The minimum absolute atomic E-state index is 0.0249. The number of carboxylic acids is 1. The molecular weight excluding hydrogens is 247 g/mol. The van der Waals surface area contributed by atoms with Crippen molar-refractivity contribution in [3.8, 4) is 5.75 Å². The predicted molar refractivity (Wildman–Crippen MR) is 61.1 cm³/mol. The van der Waals surface area contributed by atoms with Gasteiger partial charge in [-0.1, -0.05) is 18.0 Å². The molecule has 92 valence electrons. The SMILES string of the molecule is COc1ccc(Cl)c(C2(C(=O)O)CCC2)c1F. The van der Waals surface area contributed by atoms with E-state index >= 15 is 0 Å². The smallest absolute Gasteiger partial charge is 0.314 e. The molecule has 0 saturated heterocycles. The molecule has 1 aliphatic rings. The van der Waals surface area contributed by atoms with E-state index in [1.54, 1.807) is 0 Å². The molecule has 0 unspecified atom stereocenters. The first-order chi connectivity index (χ1) is 8.03. The molecule has 17 heavy (non-hydrogen) atoms. The largest absolute Gasteiger partial charge is 0.494 e. The van der Waals surface area contributed by atoms with Crippen LogP contribution in [0.4, 0.5) is 4.39 Å². The molecule has 1 aromatic rings. The third-order valence-electron chi connectivity index (χ3n) is 3.37. The van der Waals surface area contributed by atoms with Gasteiger partial charge in [-0.05, 0) is 25.0 Å². The topological polar surface area (TPSA) is 46.5 Å². The van der Waals surface area contributed by atoms with Crippen LogP contribution >= 0.6 is 11.6 Å². The fourth-order valence-corrected chi connectivity index (χ4v) is 2.56. The third-order valence-corrected chi connectivity index (χ3v) is 3.69. The van der Waals surface area contributed by atoms with E-state index in [9.17, 15) is 14.3 Å². The van der Waals surface area contributed by atoms with Crippen LogP contribution in [0.3, 0.4) is 0 Å². The van der Waals surface area contributed by atoms with Crippen molar-refractivity contribution in [1.29, 1.82) is 0 Å². The van der Waals surface area contributed by atoms with Gasteiger partial charge >= 0.3 is 5.97 Å². The molecule has 3 nitrogen and oxygen atoms in total. The minimum Gasteiger partial charge on any atom is -0.494 e. The first-order valence-electron chi connectivity index (χ1n) is 5.29. The predicted octanol–water partition coefficient (Wildman–Crippen LogP) is 2.99. The summed E-state index contributed by atoms with van der Waals surface area (Å²) in [7, 11) is 1.34. The lowest BCUT2D eigenvalue weighted by Crippen LogP contribution is -2.43. The molecular formula is C12H12ClFO3. The monoisotopic (exact) mass is 258 g/mol. The van der Waals surface area contributed by atoms with Crippen molar-refractivity contribution in [3.63, 3.8) is 0 Å². The fourth-order valence-electron chi connectivity index (χ4n) is 2.23. The molecule has 1 N–H and O–H groups in total. The number of hydrogen-bond acceptors (Lipinski definition) is 2. The van der Waals surface area contributed by atoms with Gasteiger partial charge in [-0.15, -0.1) is 0 Å². The average molecular weight is 259 g/mol. The van der Waals surface area contributed by atoms with Crippen molar-refractivity contribution in [2.45, 2.75) is 24.7 Å². The van der Waals surface area contributed by atoms with Gasteiger partial charge in [0.15, 0.2) is 11.6 Å². The van der Waals surface area contributed by atoms with Gasteiger partial charge in [0.05, 0.1) is 12.5 Å². The van der Waals surface area contributed by atoms with E-state index < -0.39 is 17.2 Å². The average Bonchev–Trinajstić information content (AvgIpc) is 2.21. The number of halogens is 2. The van der Waals surface area contributed by atoms with Crippen molar-refractivity contribution in [2.75, 3.05) is 7.11 Å². The Morgan fingerprint density at radius 3 is 2.59 bits per heavy atom. The van der Waals surface area contributed by atoms with E-state index in [0.29, 0.717) is 12.8 Å². The van der Waals surface area contributed by atoms with Crippen LogP contribution in [0.5, 0.6) is 5.75 Å². The van der Waals surface area contributed by atoms with Crippen LogP contribution in [0, 0.1) is 5.82 Å². The number of ether oxygens (including phenoxy) is 1. The van der Waals surface area contributed by atoms with E-state index in [1.165, 1.54) is 19.2 Å². The molecule has 1 aliphatic carbocycles. The highest BCUT2D eigenvalue weighted by atomic mass is 35.5. The molecule has 0 bridgehead atoms. The zero-order chi connectivity index (χ0) is 12.6. The van der Waals surface area contributed by atoms with Gasteiger partial charge in [0.1, 0.15) is 0 Å². The quantitative estimate of drug-likeness (QED) is 0.907. The normalized spacial score (nSPS) is 17.4. The summed E-state index contributed by atoms with van der Waals surface area (Å²) in [4.78, 5) is 11.3. The van der Waals surface area contributed by atoms with Gasteiger partial charge < -0.3 is 9.84 Å². The van der Waals surface area contributed by atoms with Crippen LogP contribution in [0.25, 0.3) is 0 Å².